The van der Waals surface area contributed by atoms with Gasteiger partial charge < -0.3 is 11.1 Å². The zero-order valence-corrected chi connectivity index (χ0v) is 10.3. The minimum absolute atomic E-state index is 0.162. The fraction of sp³-hybridized carbons (Fsp3) is 0.300. The Kier molecular flexibility index (Phi) is 3.88. The van der Waals surface area contributed by atoms with Gasteiger partial charge in [0.15, 0.2) is 0 Å². The first-order valence-electron chi connectivity index (χ1n) is 4.33. The van der Waals surface area contributed by atoms with Crippen molar-refractivity contribution in [1.29, 1.82) is 0 Å². The van der Waals surface area contributed by atoms with Crippen molar-refractivity contribution in [3.63, 3.8) is 0 Å². The van der Waals surface area contributed by atoms with E-state index in [4.69, 9.17) is 5.73 Å². The molecule has 0 unspecified atom stereocenters. The number of carbonyl (C=O) groups is 1. The lowest BCUT2D eigenvalue weighted by Gasteiger charge is -2.08. The molecule has 1 aromatic rings. The van der Waals surface area contributed by atoms with Crippen LogP contribution in [0.2, 0.25) is 0 Å². The molecule has 14 heavy (non-hydrogen) atoms. The maximum absolute atomic E-state index is 11.3. The van der Waals surface area contributed by atoms with Crippen molar-refractivity contribution in [3.8, 4) is 0 Å². The molecule has 0 bridgehead atoms. The van der Waals surface area contributed by atoms with Gasteiger partial charge in [-0.3, -0.25) is 4.79 Å². The third-order valence-corrected chi connectivity index (χ3v) is 3.02. The Bertz CT molecular complexity index is 350. The summed E-state index contributed by atoms with van der Waals surface area (Å²) in [7, 11) is 0. The average Bonchev–Trinajstić information content (AvgIpc) is 2.11. The lowest BCUT2D eigenvalue weighted by molar-refractivity contribution is -0.117. The van der Waals surface area contributed by atoms with Crippen LogP contribution in [0, 0.1) is 10.5 Å². The van der Waals surface area contributed by atoms with Gasteiger partial charge in [-0.2, -0.15) is 0 Å². The SMILES string of the molecule is Cc1ccc(NC(=O)[C@@H](C)N)cc1I. The minimum atomic E-state index is -0.478. The van der Waals surface area contributed by atoms with Gasteiger partial charge in [0.25, 0.3) is 0 Å². The number of nitrogens with two attached hydrogens (primary N) is 1. The first-order valence-corrected chi connectivity index (χ1v) is 5.41. The van der Waals surface area contributed by atoms with E-state index >= 15 is 0 Å². The summed E-state index contributed by atoms with van der Waals surface area (Å²) in [5.41, 5.74) is 7.43. The minimum Gasteiger partial charge on any atom is -0.325 e. The van der Waals surface area contributed by atoms with E-state index in [-0.39, 0.29) is 5.91 Å². The largest absolute Gasteiger partial charge is 0.325 e. The molecule has 1 aromatic carbocycles. The number of benzene rings is 1. The van der Waals surface area contributed by atoms with Crippen LogP contribution >= 0.6 is 22.6 Å². The maximum atomic E-state index is 11.3. The van der Waals surface area contributed by atoms with E-state index in [2.05, 4.69) is 27.9 Å². The van der Waals surface area contributed by atoms with Crippen LogP contribution in [0.25, 0.3) is 0 Å². The molecule has 3 nitrogen and oxygen atoms in total. The lowest BCUT2D eigenvalue weighted by Crippen LogP contribution is -2.32. The van der Waals surface area contributed by atoms with Crippen LogP contribution in [0.3, 0.4) is 0 Å². The summed E-state index contributed by atoms with van der Waals surface area (Å²) >= 11 is 2.23. The first-order chi connectivity index (χ1) is 6.50. The Labute approximate surface area is 97.2 Å². The van der Waals surface area contributed by atoms with Gasteiger partial charge in [-0.15, -0.1) is 0 Å². The number of hydrogen-bond acceptors (Lipinski definition) is 2. The van der Waals surface area contributed by atoms with Crippen molar-refractivity contribution in [3.05, 3.63) is 27.3 Å². The molecular weight excluding hydrogens is 291 g/mol. The molecule has 0 aliphatic carbocycles. The zero-order valence-electron chi connectivity index (χ0n) is 8.17. The van der Waals surface area contributed by atoms with E-state index in [0.29, 0.717) is 0 Å². The van der Waals surface area contributed by atoms with Crippen LogP contribution in [0.1, 0.15) is 12.5 Å². The topological polar surface area (TPSA) is 55.1 Å². The molecule has 76 valence electrons. The Morgan fingerprint density at radius 3 is 2.71 bits per heavy atom. The van der Waals surface area contributed by atoms with Crippen LogP contribution < -0.4 is 11.1 Å². The average molecular weight is 304 g/mol. The lowest BCUT2D eigenvalue weighted by atomic mass is 10.2. The number of anilines is 1. The number of aryl methyl sites for hydroxylation is 1. The Morgan fingerprint density at radius 2 is 2.21 bits per heavy atom. The molecule has 0 heterocycles. The highest BCUT2D eigenvalue weighted by atomic mass is 127. The van der Waals surface area contributed by atoms with E-state index in [9.17, 15) is 4.79 Å². The van der Waals surface area contributed by atoms with Crippen LogP contribution in [0.15, 0.2) is 18.2 Å². The molecule has 0 fully saturated rings. The van der Waals surface area contributed by atoms with Crippen molar-refractivity contribution >= 4 is 34.2 Å². The molecule has 4 heteroatoms. The molecule has 0 radical (unpaired) electrons. The molecule has 0 aromatic heterocycles. The summed E-state index contributed by atoms with van der Waals surface area (Å²) in [6.07, 6.45) is 0. The quantitative estimate of drug-likeness (QED) is 0.820. The number of hydrogen-bond donors (Lipinski definition) is 2. The molecule has 0 saturated carbocycles. The van der Waals surface area contributed by atoms with Gasteiger partial charge in [-0.1, -0.05) is 6.07 Å². The number of amides is 1. The summed E-state index contributed by atoms with van der Waals surface area (Å²) in [5, 5.41) is 2.74. The van der Waals surface area contributed by atoms with Crippen LogP contribution in [0.4, 0.5) is 5.69 Å². The van der Waals surface area contributed by atoms with Crippen LogP contribution in [0.5, 0.6) is 0 Å². The normalized spacial score (nSPS) is 12.3. The molecule has 0 spiro atoms. The van der Waals surface area contributed by atoms with E-state index in [1.165, 1.54) is 5.56 Å². The van der Waals surface area contributed by atoms with Crippen molar-refractivity contribution in [2.45, 2.75) is 19.9 Å². The fourth-order valence-corrected chi connectivity index (χ4v) is 1.44. The van der Waals surface area contributed by atoms with E-state index in [0.717, 1.165) is 9.26 Å². The molecule has 3 N–H and O–H groups in total. The maximum Gasteiger partial charge on any atom is 0.240 e. The van der Waals surface area contributed by atoms with Crippen molar-refractivity contribution < 1.29 is 4.79 Å². The van der Waals surface area contributed by atoms with Crippen molar-refractivity contribution in [2.75, 3.05) is 5.32 Å². The van der Waals surface area contributed by atoms with E-state index < -0.39 is 6.04 Å². The third kappa shape index (κ3) is 2.95. The van der Waals surface area contributed by atoms with Crippen molar-refractivity contribution in [2.24, 2.45) is 5.73 Å². The standard InChI is InChI=1S/C10H13IN2O/c1-6-3-4-8(5-9(6)11)13-10(14)7(2)12/h3-5,7H,12H2,1-2H3,(H,13,14)/t7-/m1/s1. The Balaban J connectivity index is 2.78. The molecule has 0 saturated heterocycles. The van der Waals surface area contributed by atoms with Gasteiger partial charge in [0, 0.05) is 9.26 Å². The van der Waals surface area contributed by atoms with Gasteiger partial charge in [0.1, 0.15) is 0 Å². The third-order valence-electron chi connectivity index (χ3n) is 1.85. The van der Waals surface area contributed by atoms with Gasteiger partial charge in [0.2, 0.25) is 5.91 Å². The van der Waals surface area contributed by atoms with Crippen molar-refractivity contribution in [1.82, 2.24) is 0 Å². The van der Waals surface area contributed by atoms with Gasteiger partial charge in [0.05, 0.1) is 6.04 Å². The number of rotatable bonds is 2. The predicted molar refractivity (Wildman–Crippen MR) is 66.2 cm³/mol. The molecule has 1 amide bonds. The summed E-state index contributed by atoms with van der Waals surface area (Å²) < 4.78 is 1.13. The number of halogens is 1. The van der Waals surface area contributed by atoms with E-state index in [1.54, 1.807) is 6.92 Å². The summed E-state index contributed by atoms with van der Waals surface area (Å²) in [5.74, 6) is -0.162. The predicted octanol–water partition coefficient (Wildman–Crippen LogP) is 1.89. The highest BCUT2D eigenvalue weighted by Crippen LogP contribution is 2.16. The highest BCUT2D eigenvalue weighted by molar-refractivity contribution is 14.1. The summed E-state index contributed by atoms with van der Waals surface area (Å²) in [6.45, 7) is 3.69. The summed E-state index contributed by atoms with van der Waals surface area (Å²) in [6, 6.07) is 5.29. The molecule has 0 aliphatic rings. The van der Waals surface area contributed by atoms with Crippen LogP contribution in [-0.2, 0) is 4.79 Å². The van der Waals surface area contributed by atoms with Crippen LogP contribution in [-0.4, -0.2) is 11.9 Å². The highest BCUT2D eigenvalue weighted by Gasteiger charge is 2.07. The zero-order chi connectivity index (χ0) is 10.7. The Hall–Kier alpha value is -0.620. The summed E-state index contributed by atoms with van der Waals surface area (Å²) in [4.78, 5) is 11.3. The van der Waals surface area contributed by atoms with Gasteiger partial charge >= 0.3 is 0 Å². The fourth-order valence-electron chi connectivity index (χ4n) is 0.927. The number of nitrogens with one attached hydrogen (secondary N) is 1. The first kappa shape index (κ1) is 11.5. The number of carbonyl (C=O) groups excluding carboxylic acids is 1. The van der Waals surface area contributed by atoms with E-state index in [1.807, 2.05) is 25.1 Å². The monoisotopic (exact) mass is 304 g/mol. The second-order valence-corrected chi connectivity index (χ2v) is 4.40. The van der Waals surface area contributed by atoms with Gasteiger partial charge in [-0.25, -0.2) is 0 Å². The second-order valence-electron chi connectivity index (χ2n) is 3.24. The van der Waals surface area contributed by atoms with Gasteiger partial charge in [-0.05, 0) is 54.1 Å². The molecular formula is C10H13IN2O. The smallest absolute Gasteiger partial charge is 0.240 e. The molecule has 0 aliphatic heterocycles. The molecule has 1 atom stereocenters. The Morgan fingerprint density at radius 1 is 1.57 bits per heavy atom. The molecule has 1 rings (SSSR count). The second kappa shape index (κ2) is 4.75.